The second kappa shape index (κ2) is 9.00. The second-order valence-corrected chi connectivity index (χ2v) is 10.1. The molecule has 34 heavy (non-hydrogen) atoms. The van der Waals surface area contributed by atoms with Crippen LogP contribution in [-0.4, -0.2) is 65.8 Å². The summed E-state index contributed by atoms with van der Waals surface area (Å²) in [6.07, 6.45) is -3.44. The Kier molecular flexibility index (Phi) is 6.40. The molecule has 2 heterocycles. The van der Waals surface area contributed by atoms with Crippen molar-refractivity contribution < 1.29 is 36.2 Å². The lowest BCUT2D eigenvalue weighted by atomic mass is 10.2. The Balaban J connectivity index is 1.57. The fourth-order valence-electron chi connectivity index (χ4n) is 3.54. The normalized spacial score (nSPS) is 17.6. The van der Waals surface area contributed by atoms with Crippen molar-refractivity contribution in [2.75, 3.05) is 24.5 Å². The molecule has 14 heteroatoms. The molecule has 0 radical (unpaired) electrons. The molecule has 1 saturated heterocycles. The number of rotatable bonds is 5. The molecule has 1 fully saturated rings. The Morgan fingerprint density at radius 3 is 2.47 bits per heavy atom. The average Bonchev–Trinajstić information content (AvgIpc) is 2.77. The minimum absolute atomic E-state index is 0.134. The molecule has 1 N–H and O–H groups in total. The zero-order valence-corrected chi connectivity index (χ0v) is 19.5. The molecule has 3 aromatic rings. The van der Waals surface area contributed by atoms with Crippen molar-refractivity contribution in [3.63, 3.8) is 0 Å². The largest absolute Gasteiger partial charge is 0.573 e. The van der Waals surface area contributed by atoms with E-state index in [1.165, 1.54) is 6.20 Å². The highest BCUT2D eigenvalue weighted by molar-refractivity contribution is 9.10. The summed E-state index contributed by atoms with van der Waals surface area (Å²) in [5, 5.41) is 9.74. The highest BCUT2D eigenvalue weighted by Gasteiger charge is 2.41. The molecule has 0 saturated carbocycles. The third-order valence-electron chi connectivity index (χ3n) is 5.10. The summed E-state index contributed by atoms with van der Waals surface area (Å²) in [5.74, 6) is -1.57. The first-order valence-electron chi connectivity index (χ1n) is 9.72. The predicted octanol–water partition coefficient (Wildman–Crippen LogP) is 3.26. The number of carboxylic acid groups (broad SMARTS) is 1. The van der Waals surface area contributed by atoms with Gasteiger partial charge in [-0.1, -0.05) is 15.9 Å². The average molecular weight is 561 g/mol. The van der Waals surface area contributed by atoms with Crippen molar-refractivity contribution in [3.05, 3.63) is 53.1 Å². The van der Waals surface area contributed by atoms with E-state index in [4.69, 9.17) is 0 Å². The lowest BCUT2D eigenvalue weighted by molar-refractivity contribution is -0.274. The molecule has 0 amide bonds. The van der Waals surface area contributed by atoms with E-state index >= 15 is 0 Å². The topological polar surface area (TPSA) is 113 Å². The van der Waals surface area contributed by atoms with Crippen LogP contribution in [0.2, 0.25) is 0 Å². The Morgan fingerprint density at radius 1 is 1.12 bits per heavy atom. The van der Waals surface area contributed by atoms with Crippen molar-refractivity contribution >= 4 is 48.8 Å². The number of nitrogens with zero attached hydrogens (tertiary/aromatic N) is 4. The van der Waals surface area contributed by atoms with Gasteiger partial charge in [0.2, 0.25) is 10.0 Å². The van der Waals surface area contributed by atoms with E-state index in [1.54, 1.807) is 23.1 Å². The van der Waals surface area contributed by atoms with Crippen LogP contribution in [0.25, 0.3) is 11.0 Å². The number of fused-ring (bicyclic) bond motifs is 1. The van der Waals surface area contributed by atoms with Crippen LogP contribution in [0.3, 0.4) is 0 Å². The van der Waals surface area contributed by atoms with Gasteiger partial charge in [-0.15, -0.1) is 13.2 Å². The summed E-state index contributed by atoms with van der Waals surface area (Å²) in [5.41, 5.74) is 1.22. The zero-order valence-electron chi connectivity index (χ0n) is 17.1. The fraction of sp³-hybridized carbons (Fsp3) is 0.250. The molecule has 9 nitrogen and oxygen atoms in total. The fourth-order valence-corrected chi connectivity index (χ4v) is 5.45. The first kappa shape index (κ1) is 24.2. The lowest BCUT2D eigenvalue weighted by Crippen LogP contribution is -2.58. The van der Waals surface area contributed by atoms with Gasteiger partial charge in [0.05, 0.1) is 22.1 Å². The maximum Gasteiger partial charge on any atom is 0.573 e. The van der Waals surface area contributed by atoms with Crippen LogP contribution >= 0.6 is 15.9 Å². The molecule has 0 spiro atoms. The van der Waals surface area contributed by atoms with Crippen molar-refractivity contribution in [3.8, 4) is 5.75 Å². The lowest BCUT2D eigenvalue weighted by Gasteiger charge is -2.38. The van der Waals surface area contributed by atoms with Gasteiger partial charge in [-0.05, 0) is 42.5 Å². The van der Waals surface area contributed by atoms with Gasteiger partial charge in [0.15, 0.2) is 0 Å². The van der Waals surface area contributed by atoms with Crippen molar-refractivity contribution in [2.45, 2.75) is 17.3 Å². The predicted molar refractivity (Wildman–Crippen MR) is 118 cm³/mol. The van der Waals surface area contributed by atoms with Crippen LogP contribution in [0.5, 0.6) is 5.75 Å². The standard InChI is InChI=1S/C20H16BrF3N4O5S/c21-12-1-6-15-16(9-12)25-10-18(26-15)27-7-8-28(17(11-27)19(29)30)34(31,32)14-4-2-13(3-5-14)33-20(22,23)24/h1-6,9-10,17H,7-8,11H2,(H,29,30)/t17-/m1/s1. The van der Waals surface area contributed by atoms with E-state index in [2.05, 4.69) is 30.6 Å². The molecule has 0 aliphatic carbocycles. The summed E-state index contributed by atoms with van der Waals surface area (Å²) >= 11 is 3.35. The number of carbonyl (C=O) groups is 1. The molecule has 4 rings (SSSR count). The minimum Gasteiger partial charge on any atom is -0.480 e. The van der Waals surface area contributed by atoms with E-state index < -0.39 is 34.1 Å². The number of piperazine rings is 1. The van der Waals surface area contributed by atoms with E-state index in [0.29, 0.717) is 16.9 Å². The third-order valence-corrected chi connectivity index (χ3v) is 7.51. The molecule has 2 aromatic carbocycles. The van der Waals surface area contributed by atoms with Crippen LogP contribution in [0, 0.1) is 0 Å². The van der Waals surface area contributed by atoms with Gasteiger partial charge in [0.1, 0.15) is 17.6 Å². The first-order chi connectivity index (χ1) is 15.9. The molecule has 1 aromatic heterocycles. The van der Waals surface area contributed by atoms with Crippen molar-refractivity contribution in [2.24, 2.45) is 0 Å². The van der Waals surface area contributed by atoms with Crippen molar-refractivity contribution in [1.29, 1.82) is 0 Å². The summed E-state index contributed by atoms with van der Waals surface area (Å²) in [6.45, 7) is -0.240. The molecular formula is C20H16BrF3N4O5S. The smallest absolute Gasteiger partial charge is 0.480 e. The van der Waals surface area contributed by atoms with Gasteiger partial charge in [-0.3, -0.25) is 9.78 Å². The number of aromatic nitrogens is 2. The maximum atomic E-state index is 13.1. The third kappa shape index (κ3) is 5.08. The number of hydrogen-bond donors (Lipinski definition) is 1. The summed E-state index contributed by atoms with van der Waals surface area (Å²) in [4.78, 5) is 22.1. The van der Waals surface area contributed by atoms with Gasteiger partial charge < -0.3 is 14.7 Å². The van der Waals surface area contributed by atoms with Crippen LogP contribution in [-0.2, 0) is 14.8 Å². The number of aliphatic carboxylic acids is 1. The molecule has 1 aliphatic heterocycles. The molecule has 1 aliphatic rings. The Hall–Kier alpha value is -2.97. The van der Waals surface area contributed by atoms with Crippen LogP contribution in [0.4, 0.5) is 19.0 Å². The van der Waals surface area contributed by atoms with E-state index in [1.807, 2.05) is 0 Å². The number of halogens is 4. The van der Waals surface area contributed by atoms with Gasteiger partial charge in [0.25, 0.3) is 0 Å². The van der Waals surface area contributed by atoms with Crippen molar-refractivity contribution in [1.82, 2.24) is 14.3 Å². The zero-order chi connectivity index (χ0) is 24.7. The quantitative estimate of drug-likeness (QED) is 0.506. The molecule has 180 valence electrons. The number of benzene rings is 2. The molecular weight excluding hydrogens is 545 g/mol. The van der Waals surface area contributed by atoms with E-state index in [9.17, 15) is 31.5 Å². The Bertz CT molecular complexity index is 1340. The molecule has 0 bridgehead atoms. The minimum atomic E-state index is -4.92. The van der Waals surface area contributed by atoms with E-state index in [0.717, 1.165) is 33.0 Å². The van der Waals surface area contributed by atoms with Gasteiger partial charge >= 0.3 is 12.3 Å². The number of hydrogen-bond acceptors (Lipinski definition) is 7. The number of carboxylic acids is 1. The summed E-state index contributed by atoms with van der Waals surface area (Å²) in [7, 11) is -4.31. The second-order valence-electron chi connectivity index (χ2n) is 7.30. The number of sulfonamides is 1. The van der Waals surface area contributed by atoms with Gasteiger partial charge in [0, 0.05) is 24.1 Å². The first-order valence-corrected chi connectivity index (χ1v) is 11.9. The van der Waals surface area contributed by atoms with Gasteiger partial charge in [-0.2, -0.15) is 4.31 Å². The summed E-state index contributed by atoms with van der Waals surface area (Å²) < 4.78 is 68.7. The molecule has 1 atom stereocenters. The highest BCUT2D eigenvalue weighted by atomic mass is 79.9. The number of ether oxygens (including phenoxy) is 1. The van der Waals surface area contributed by atoms with Crippen LogP contribution in [0.15, 0.2) is 58.0 Å². The van der Waals surface area contributed by atoms with Gasteiger partial charge in [-0.25, -0.2) is 13.4 Å². The highest BCUT2D eigenvalue weighted by Crippen LogP contribution is 2.28. The molecule has 0 unspecified atom stereocenters. The number of anilines is 1. The SMILES string of the molecule is O=C(O)[C@H]1CN(c2cnc3cc(Br)ccc3n2)CCN1S(=O)(=O)c1ccc(OC(F)(F)F)cc1. The Labute approximate surface area is 200 Å². The maximum absolute atomic E-state index is 13.1. The van der Waals surface area contributed by atoms with E-state index in [-0.39, 0.29) is 24.5 Å². The Morgan fingerprint density at radius 2 is 1.82 bits per heavy atom. The number of alkyl halides is 3. The summed E-state index contributed by atoms with van der Waals surface area (Å²) in [6, 6.07) is 7.45. The van der Waals surface area contributed by atoms with Crippen LogP contribution < -0.4 is 9.64 Å². The van der Waals surface area contributed by atoms with Crippen LogP contribution in [0.1, 0.15) is 0 Å². The monoisotopic (exact) mass is 560 g/mol.